The van der Waals surface area contributed by atoms with Gasteiger partial charge in [-0.15, -0.1) is 0 Å². The van der Waals surface area contributed by atoms with E-state index >= 15 is 0 Å². The average molecular weight is 534 g/mol. The average Bonchev–Trinajstić information content (AvgIpc) is 2.90. The van der Waals surface area contributed by atoms with Crippen molar-refractivity contribution in [3.05, 3.63) is 23.8 Å². The van der Waals surface area contributed by atoms with Crippen LogP contribution in [0.15, 0.2) is 18.2 Å². The molecule has 0 saturated heterocycles. The van der Waals surface area contributed by atoms with E-state index < -0.39 is 6.23 Å². The number of ether oxygens (including phenoxy) is 2. The van der Waals surface area contributed by atoms with E-state index in [0.29, 0.717) is 30.3 Å². The molecular formula is C33H59NO4. The lowest BCUT2D eigenvalue weighted by Crippen LogP contribution is -2.32. The Labute approximate surface area is 234 Å². The van der Waals surface area contributed by atoms with E-state index in [1.165, 1.54) is 122 Å². The minimum absolute atomic E-state index is 0.326. The number of carbonyl (C=O) groups is 1. The van der Waals surface area contributed by atoms with Crippen molar-refractivity contribution < 1.29 is 19.4 Å². The van der Waals surface area contributed by atoms with Crippen LogP contribution in [-0.2, 0) is 0 Å². The molecule has 0 heterocycles. The second kappa shape index (κ2) is 24.3. The van der Waals surface area contributed by atoms with Crippen LogP contribution >= 0.6 is 0 Å². The van der Waals surface area contributed by atoms with Crippen molar-refractivity contribution in [2.24, 2.45) is 0 Å². The molecule has 0 aliphatic heterocycles. The summed E-state index contributed by atoms with van der Waals surface area (Å²) in [5.41, 5.74) is 0.449. The zero-order chi connectivity index (χ0) is 27.7. The fourth-order valence-corrected chi connectivity index (χ4v) is 4.70. The summed E-state index contributed by atoms with van der Waals surface area (Å²) in [6.45, 7) is 7.32. The maximum absolute atomic E-state index is 12.5. The molecule has 1 rings (SSSR count). The highest BCUT2D eigenvalue weighted by Crippen LogP contribution is 2.24. The predicted molar refractivity (Wildman–Crippen MR) is 160 cm³/mol. The van der Waals surface area contributed by atoms with Crippen LogP contribution in [0.5, 0.6) is 11.5 Å². The fourth-order valence-electron chi connectivity index (χ4n) is 4.70. The summed E-state index contributed by atoms with van der Waals surface area (Å²) in [5.74, 6) is 0.975. The zero-order valence-corrected chi connectivity index (χ0v) is 25.0. The molecule has 0 saturated carbocycles. The van der Waals surface area contributed by atoms with Crippen LogP contribution < -0.4 is 14.8 Å². The minimum Gasteiger partial charge on any atom is -0.493 e. The van der Waals surface area contributed by atoms with E-state index in [-0.39, 0.29) is 5.91 Å². The lowest BCUT2D eigenvalue weighted by Gasteiger charge is -2.13. The highest BCUT2D eigenvalue weighted by atomic mass is 16.5. The molecule has 1 atom stereocenters. The number of nitrogens with one attached hydrogen (secondary N) is 1. The van der Waals surface area contributed by atoms with Crippen molar-refractivity contribution in [3.8, 4) is 11.5 Å². The standard InChI is InChI=1S/C33H59NO4/c1-4-6-8-10-12-14-16-18-20-22-24-37-31-26-30(33(36)34-29(3)35)27-32(28-31)38-25-23-21-19-17-15-13-11-9-7-5-2/h26-29,35H,4-25H2,1-3H3,(H,34,36). The quantitative estimate of drug-likeness (QED) is 0.0919. The molecule has 1 aromatic carbocycles. The van der Waals surface area contributed by atoms with Gasteiger partial charge >= 0.3 is 0 Å². The number of unbranched alkanes of at least 4 members (excludes halogenated alkanes) is 18. The van der Waals surface area contributed by atoms with E-state index in [4.69, 9.17) is 9.47 Å². The van der Waals surface area contributed by atoms with Gasteiger partial charge in [-0.25, -0.2) is 0 Å². The fraction of sp³-hybridized carbons (Fsp3) is 0.788. The van der Waals surface area contributed by atoms with Gasteiger partial charge < -0.3 is 19.9 Å². The summed E-state index contributed by atoms with van der Waals surface area (Å²) in [6.07, 6.45) is 24.8. The summed E-state index contributed by atoms with van der Waals surface area (Å²) in [7, 11) is 0. The SMILES string of the molecule is CCCCCCCCCCCCOc1cc(OCCCCCCCCCCCC)cc(C(=O)NC(C)O)c1. The minimum atomic E-state index is -0.908. The summed E-state index contributed by atoms with van der Waals surface area (Å²) in [4.78, 5) is 12.5. The molecule has 0 aliphatic carbocycles. The first-order valence-corrected chi connectivity index (χ1v) is 16.0. The van der Waals surface area contributed by atoms with Gasteiger partial charge in [0, 0.05) is 11.6 Å². The van der Waals surface area contributed by atoms with E-state index in [1.807, 2.05) is 6.07 Å². The molecule has 0 fully saturated rings. The molecule has 0 spiro atoms. The lowest BCUT2D eigenvalue weighted by atomic mass is 10.1. The molecule has 2 N–H and O–H groups in total. The number of hydrogen-bond donors (Lipinski definition) is 2. The van der Waals surface area contributed by atoms with E-state index in [9.17, 15) is 9.90 Å². The van der Waals surface area contributed by atoms with Crippen LogP contribution in [0.2, 0.25) is 0 Å². The van der Waals surface area contributed by atoms with Gasteiger partial charge in [0.15, 0.2) is 0 Å². The number of benzene rings is 1. The second-order valence-electron chi connectivity index (χ2n) is 10.9. The second-order valence-corrected chi connectivity index (χ2v) is 10.9. The van der Waals surface area contributed by atoms with Gasteiger partial charge in [-0.2, -0.15) is 0 Å². The molecule has 0 aromatic heterocycles. The summed E-state index contributed by atoms with van der Waals surface area (Å²) in [6, 6.07) is 5.36. The van der Waals surface area contributed by atoms with Crippen molar-refractivity contribution in [2.45, 2.75) is 155 Å². The van der Waals surface area contributed by atoms with Crippen molar-refractivity contribution in [3.63, 3.8) is 0 Å². The Balaban J connectivity index is 2.35. The third kappa shape index (κ3) is 19.3. The smallest absolute Gasteiger partial charge is 0.253 e. The molecule has 1 aromatic rings. The lowest BCUT2D eigenvalue weighted by molar-refractivity contribution is 0.0817. The molecule has 0 aliphatic rings. The Morgan fingerprint density at radius 2 is 0.974 bits per heavy atom. The van der Waals surface area contributed by atoms with Crippen LogP contribution in [0.4, 0.5) is 0 Å². The molecular weight excluding hydrogens is 474 g/mol. The van der Waals surface area contributed by atoms with Gasteiger partial charge in [0.05, 0.1) is 13.2 Å². The topological polar surface area (TPSA) is 67.8 Å². The summed E-state index contributed by atoms with van der Waals surface area (Å²) < 4.78 is 12.0. The normalized spacial score (nSPS) is 11.9. The van der Waals surface area contributed by atoms with Gasteiger partial charge in [0.25, 0.3) is 5.91 Å². The predicted octanol–water partition coefficient (Wildman–Crippen LogP) is 9.35. The molecule has 38 heavy (non-hydrogen) atoms. The Morgan fingerprint density at radius 1 is 0.632 bits per heavy atom. The first-order valence-electron chi connectivity index (χ1n) is 16.0. The van der Waals surface area contributed by atoms with Crippen molar-refractivity contribution in [1.29, 1.82) is 0 Å². The maximum Gasteiger partial charge on any atom is 0.253 e. The molecule has 0 radical (unpaired) electrons. The van der Waals surface area contributed by atoms with Gasteiger partial charge in [-0.3, -0.25) is 4.79 Å². The van der Waals surface area contributed by atoms with Gasteiger partial charge in [0.2, 0.25) is 0 Å². The summed E-state index contributed by atoms with van der Waals surface area (Å²) >= 11 is 0. The van der Waals surface area contributed by atoms with Crippen LogP contribution in [0, 0.1) is 0 Å². The van der Waals surface area contributed by atoms with Gasteiger partial charge in [-0.1, -0.05) is 129 Å². The van der Waals surface area contributed by atoms with E-state index in [1.54, 1.807) is 12.1 Å². The molecule has 5 heteroatoms. The first-order chi connectivity index (χ1) is 18.6. The van der Waals surface area contributed by atoms with Crippen molar-refractivity contribution in [2.75, 3.05) is 13.2 Å². The van der Waals surface area contributed by atoms with Gasteiger partial charge in [-0.05, 0) is 31.9 Å². The number of carbonyl (C=O) groups excluding carboxylic acids is 1. The molecule has 5 nitrogen and oxygen atoms in total. The number of rotatable bonds is 26. The molecule has 1 unspecified atom stereocenters. The number of hydrogen-bond acceptors (Lipinski definition) is 4. The van der Waals surface area contributed by atoms with Crippen LogP contribution in [0.3, 0.4) is 0 Å². The van der Waals surface area contributed by atoms with E-state index in [2.05, 4.69) is 19.2 Å². The number of aliphatic hydroxyl groups is 1. The van der Waals surface area contributed by atoms with Crippen molar-refractivity contribution >= 4 is 5.91 Å². The highest BCUT2D eigenvalue weighted by Gasteiger charge is 2.12. The van der Waals surface area contributed by atoms with Crippen LogP contribution in [0.1, 0.15) is 160 Å². The maximum atomic E-state index is 12.5. The Bertz CT molecular complexity index is 647. The number of amides is 1. The monoisotopic (exact) mass is 533 g/mol. The Morgan fingerprint density at radius 3 is 1.32 bits per heavy atom. The van der Waals surface area contributed by atoms with E-state index in [0.717, 1.165) is 12.8 Å². The van der Waals surface area contributed by atoms with Crippen LogP contribution in [-0.4, -0.2) is 30.5 Å². The largest absolute Gasteiger partial charge is 0.493 e. The number of aliphatic hydroxyl groups excluding tert-OH is 1. The highest BCUT2D eigenvalue weighted by molar-refractivity contribution is 5.95. The third-order valence-corrected chi connectivity index (χ3v) is 7.02. The molecule has 1 amide bonds. The first kappa shape index (κ1) is 34.3. The Hall–Kier alpha value is -1.75. The van der Waals surface area contributed by atoms with Crippen molar-refractivity contribution in [1.82, 2.24) is 5.32 Å². The molecule has 220 valence electrons. The van der Waals surface area contributed by atoms with Crippen LogP contribution in [0.25, 0.3) is 0 Å². The third-order valence-electron chi connectivity index (χ3n) is 7.02. The molecule has 0 bridgehead atoms. The summed E-state index contributed by atoms with van der Waals surface area (Å²) in [5, 5.41) is 12.1. The van der Waals surface area contributed by atoms with Gasteiger partial charge in [0.1, 0.15) is 17.7 Å². The zero-order valence-electron chi connectivity index (χ0n) is 25.0. The Kier molecular flexibility index (Phi) is 21.9.